The van der Waals surface area contributed by atoms with Gasteiger partial charge in [0.05, 0.1) is 70.3 Å². The van der Waals surface area contributed by atoms with Crippen LogP contribution in [0.4, 0.5) is 32.0 Å². The molecule has 8 nitrogen and oxygen atoms in total. The number of nitriles is 6. The van der Waals surface area contributed by atoms with E-state index in [9.17, 15) is 31.6 Å². The van der Waals surface area contributed by atoms with Crippen LogP contribution in [-0.4, -0.2) is 0 Å². The number of rotatable bonds is 4. The van der Waals surface area contributed by atoms with Gasteiger partial charge < -0.3 is 0 Å². The number of nitrogens with zero attached hydrogens (tertiary/aromatic N) is 8. The molecule has 0 aromatic heterocycles. The van der Waals surface area contributed by atoms with Crippen LogP contribution >= 0.6 is 0 Å². The Morgan fingerprint density at radius 2 is 0.935 bits per heavy atom. The van der Waals surface area contributed by atoms with Gasteiger partial charge in [-0.1, -0.05) is 60.7 Å². The highest BCUT2D eigenvalue weighted by molar-refractivity contribution is 6.35. The number of fused-ring (bicyclic) bond motifs is 2. The van der Waals surface area contributed by atoms with Crippen molar-refractivity contribution in [3.63, 3.8) is 0 Å². The molecule has 0 bridgehead atoms. The van der Waals surface area contributed by atoms with Gasteiger partial charge in [-0.15, -0.1) is 0 Å². The molecule has 7 rings (SSSR count). The number of hydrogen-bond acceptors (Lipinski definition) is 6. The van der Waals surface area contributed by atoms with Crippen molar-refractivity contribution in [1.29, 1.82) is 31.6 Å². The summed E-state index contributed by atoms with van der Waals surface area (Å²) in [5.41, 5.74) is -16.5. The Hall–Kier alpha value is -9.44. The zero-order valence-corrected chi connectivity index (χ0v) is 31.1. The first-order valence-electron chi connectivity index (χ1n) is 17.7. The molecule has 0 aliphatic heterocycles. The number of hydrogen-bond donors (Lipinski definition) is 0. The van der Waals surface area contributed by atoms with Gasteiger partial charge in [0, 0.05) is 33.4 Å². The summed E-state index contributed by atoms with van der Waals surface area (Å²) in [6.07, 6.45) is -11.3. The fraction of sp³-hybridized carbons (Fsp3) is 0.0417. The Morgan fingerprint density at radius 3 is 1.35 bits per heavy atom. The first-order valence-corrected chi connectivity index (χ1v) is 17.7. The smallest absolute Gasteiger partial charge is 0.238 e. The SMILES string of the molecule is [C-]#[N+]/C(=C1/C(c2ccccc2)=C(C#N)c2c1c(C(F)(F)F)c1c(c2C(F)(F)F)C(C#N)=C(c2ccccc2)/C1=C(/C#N)c1cc(C#N)cc([N+]#[C-])c1)c1cc(C#N)cc(C#N)c1. The van der Waals surface area contributed by atoms with E-state index >= 15 is 26.3 Å². The Balaban J connectivity index is 1.88. The fourth-order valence-corrected chi connectivity index (χ4v) is 7.87. The monoisotopic (exact) mass is 818 g/mol. The number of allylic oxidation sites excluding steroid dienone is 7. The van der Waals surface area contributed by atoms with Crippen molar-refractivity contribution < 1.29 is 26.3 Å². The quantitative estimate of drug-likeness (QED) is 0.1000. The Kier molecular flexibility index (Phi) is 10.1. The number of benzene rings is 5. The standard InChI is InChI=1S/C48H16F6N8/c1-61-32-17-27(21-57)14-30(18-32)33(22-58)38-36(28-9-5-3-6-10-28)34(23-59)39-41(38)45(48(52,53)54)42-40(44(39)47(49,50)51)35(24-60)37(29-11-7-4-8-12-29)43(42)46(62-2)31-15-25(19-55)13-26(16-31)20-56/h3-18H/b38-33+,46-43-. The van der Waals surface area contributed by atoms with E-state index in [-0.39, 0.29) is 44.6 Å². The lowest BCUT2D eigenvalue weighted by molar-refractivity contribution is -0.141. The van der Waals surface area contributed by atoms with Crippen LogP contribution in [-0.2, 0) is 12.4 Å². The van der Waals surface area contributed by atoms with Crippen LogP contribution in [0.25, 0.3) is 54.4 Å². The van der Waals surface area contributed by atoms with Gasteiger partial charge in [0.15, 0.2) is 5.69 Å². The van der Waals surface area contributed by atoms with Crippen molar-refractivity contribution in [3.8, 4) is 36.4 Å². The summed E-state index contributed by atoms with van der Waals surface area (Å²) in [5.74, 6) is 0. The minimum Gasteiger partial charge on any atom is -0.238 e. The van der Waals surface area contributed by atoms with Gasteiger partial charge in [0.1, 0.15) is 18.2 Å². The normalized spacial score (nSPS) is 14.4. The lowest BCUT2D eigenvalue weighted by Crippen LogP contribution is -2.20. The minimum atomic E-state index is -5.69. The maximum absolute atomic E-state index is 16.6. The highest BCUT2D eigenvalue weighted by atomic mass is 19.4. The minimum absolute atomic E-state index is 0.0794. The largest absolute Gasteiger partial charge is 0.417 e. The molecule has 290 valence electrons. The average Bonchev–Trinajstić information content (AvgIpc) is 3.78. The summed E-state index contributed by atoms with van der Waals surface area (Å²) in [6.45, 7) is 16.0. The van der Waals surface area contributed by atoms with E-state index in [0.29, 0.717) is 0 Å². The molecular formula is C48H16F6N8. The van der Waals surface area contributed by atoms with Crippen LogP contribution in [0, 0.1) is 81.1 Å². The molecule has 0 fully saturated rings. The second-order valence-electron chi connectivity index (χ2n) is 13.4. The van der Waals surface area contributed by atoms with Crippen LogP contribution in [0.1, 0.15) is 72.3 Å². The summed E-state index contributed by atoms with van der Waals surface area (Å²) < 4.78 is 98.3. The van der Waals surface area contributed by atoms with E-state index in [1.54, 1.807) is 36.4 Å². The maximum atomic E-state index is 16.6. The highest BCUT2D eigenvalue weighted by Crippen LogP contribution is 2.64. The zero-order valence-electron chi connectivity index (χ0n) is 31.1. The number of alkyl halides is 6. The molecule has 2 aliphatic carbocycles. The molecule has 0 radical (unpaired) electrons. The highest BCUT2D eigenvalue weighted by Gasteiger charge is 2.54. The Labute approximate surface area is 348 Å². The van der Waals surface area contributed by atoms with Crippen molar-refractivity contribution in [2.24, 2.45) is 0 Å². The lowest BCUT2D eigenvalue weighted by Gasteiger charge is -2.25. The lowest BCUT2D eigenvalue weighted by atomic mass is 9.80. The first-order chi connectivity index (χ1) is 29.7. The molecule has 0 saturated heterocycles. The van der Waals surface area contributed by atoms with E-state index in [0.717, 1.165) is 36.4 Å². The van der Waals surface area contributed by atoms with Crippen molar-refractivity contribution in [2.45, 2.75) is 12.4 Å². The van der Waals surface area contributed by atoms with Gasteiger partial charge in [-0.3, -0.25) is 0 Å². The van der Waals surface area contributed by atoms with Gasteiger partial charge >= 0.3 is 12.4 Å². The van der Waals surface area contributed by atoms with E-state index in [1.807, 2.05) is 0 Å². The molecule has 5 aromatic carbocycles. The summed E-state index contributed by atoms with van der Waals surface area (Å²) in [5, 5.41) is 62.0. The van der Waals surface area contributed by atoms with Gasteiger partial charge in [0.2, 0.25) is 5.70 Å². The fourth-order valence-electron chi connectivity index (χ4n) is 7.87. The molecule has 0 spiro atoms. The van der Waals surface area contributed by atoms with Gasteiger partial charge in [-0.2, -0.15) is 57.9 Å². The van der Waals surface area contributed by atoms with Crippen molar-refractivity contribution in [1.82, 2.24) is 0 Å². The van der Waals surface area contributed by atoms with Crippen molar-refractivity contribution in [2.75, 3.05) is 0 Å². The number of halogens is 6. The maximum Gasteiger partial charge on any atom is 0.417 e. The van der Waals surface area contributed by atoms with E-state index in [4.69, 9.17) is 13.1 Å². The molecule has 0 amide bonds. The molecule has 5 aromatic rings. The molecule has 0 unspecified atom stereocenters. The topological polar surface area (TPSA) is 151 Å². The molecule has 14 heteroatoms. The van der Waals surface area contributed by atoms with Crippen LogP contribution in [0.2, 0.25) is 0 Å². The summed E-state index contributed by atoms with van der Waals surface area (Å²) in [4.78, 5) is 6.82. The van der Waals surface area contributed by atoms with E-state index in [1.165, 1.54) is 60.7 Å². The third-order valence-corrected chi connectivity index (χ3v) is 10.1. The summed E-state index contributed by atoms with van der Waals surface area (Å²) >= 11 is 0. The third kappa shape index (κ3) is 6.47. The predicted molar refractivity (Wildman–Crippen MR) is 213 cm³/mol. The molecule has 0 heterocycles. The molecule has 0 atom stereocenters. The van der Waals surface area contributed by atoms with Crippen LogP contribution in [0.3, 0.4) is 0 Å². The van der Waals surface area contributed by atoms with Crippen LogP contribution in [0.15, 0.2) is 97.1 Å². The zero-order chi connectivity index (χ0) is 44.7. The average molecular weight is 819 g/mol. The van der Waals surface area contributed by atoms with Crippen molar-refractivity contribution in [3.05, 3.63) is 192 Å². The Bertz CT molecular complexity index is 3060. The van der Waals surface area contributed by atoms with Crippen LogP contribution < -0.4 is 0 Å². The molecular weight excluding hydrogens is 803 g/mol. The van der Waals surface area contributed by atoms with Gasteiger partial charge in [-0.25, -0.2) is 9.69 Å². The van der Waals surface area contributed by atoms with Crippen molar-refractivity contribution >= 4 is 50.4 Å². The first kappa shape index (κ1) is 40.7. The predicted octanol–water partition coefficient (Wildman–Crippen LogP) is 12.0. The van der Waals surface area contributed by atoms with E-state index in [2.05, 4.69) is 9.69 Å². The Morgan fingerprint density at radius 1 is 0.500 bits per heavy atom. The third-order valence-electron chi connectivity index (χ3n) is 10.1. The molecule has 2 aliphatic rings. The van der Waals surface area contributed by atoms with Crippen LogP contribution in [0.5, 0.6) is 0 Å². The second-order valence-corrected chi connectivity index (χ2v) is 13.4. The molecule has 62 heavy (non-hydrogen) atoms. The van der Waals surface area contributed by atoms with E-state index < -0.39 is 90.4 Å². The summed E-state index contributed by atoms with van der Waals surface area (Å²) in [6, 6.07) is 30.9. The molecule has 0 saturated carbocycles. The second kappa shape index (κ2) is 15.4. The molecule has 0 N–H and O–H groups in total. The van der Waals surface area contributed by atoms with Gasteiger partial charge in [0.25, 0.3) is 0 Å². The van der Waals surface area contributed by atoms with Gasteiger partial charge in [-0.05, 0) is 75.4 Å². The summed E-state index contributed by atoms with van der Waals surface area (Å²) in [7, 11) is 0.